The number of rotatable bonds is 35. The van der Waals surface area contributed by atoms with Crippen molar-refractivity contribution in [2.75, 3.05) is 19.8 Å². The SMILES string of the molecule is CC/C=C\C/C=C\C/C=C\C/C=C\C/C=C\C/C=C\CCCOCC(COP(=O)(O)OC1C(O)C(O)C(O)C(O)C1O)OC(=O)CCCCCCCCCCCCC. The highest BCUT2D eigenvalue weighted by molar-refractivity contribution is 7.47. The fourth-order valence-electron chi connectivity index (χ4n) is 6.14. The molecule has 0 bridgehead atoms. The third kappa shape index (κ3) is 27.5. The topological polar surface area (TPSA) is 192 Å². The first-order valence-corrected chi connectivity index (χ1v) is 23.3. The van der Waals surface area contributed by atoms with Crippen molar-refractivity contribution in [2.24, 2.45) is 0 Å². The number of phosphoric acid groups is 1. The molecular formula is C45H77O12P. The second-order valence-corrected chi connectivity index (χ2v) is 16.2. The maximum atomic E-state index is 12.8. The molecule has 13 heteroatoms. The van der Waals surface area contributed by atoms with E-state index < -0.39 is 63.1 Å². The van der Waals surface area contributed by atoms with E-state index in [1.165, 1.54) is 44.9 Å². The van der Waals surface area contributed by atoms with Crippen LogP contribution in [0.25, 0.3) is 0 Å². The van der Waals surface area contributed by atoms with Crippen LogP contribution in [0.1, 0.15) is 142 Å². The van der Waals surface area contributed by atoms with Crippen molar-refractivity contribution in [1.82, 2.24) is 0 Å². The second-order valence-electron chi connectivity index (χ2n) is 14.8. The first kappa shape index (κ1) is 53.8. The van der Waals surface area contributed by atoms with E-state index in [0.29, 0.717) is 19.4 Å². The van der Waals surface area contributed by atoms with Crippen molar-refractivity contribution in [3.63, 3.8) is 0 Å². The number of allylic oxidation sites excluding steroid dienone is 12. The maximum Gasteiger partial charge on any atom is 0.472 e. The van der Waals surface area contributed by atoms with E-state index in [1.54, 1.807) is 0 Å². The molecular weight excluding hydrogens is 763 g/mol. The molecule has 0 amide bonds. The number of ether oxygens (including phenoxy) is 2. The zero-order valence-electron chi connectivity index (χ0n) is 35.3. The van der Waals surface area contributed by atoms with Crippen LogP contribution in [0.5, 0.6) is 0 Å². The van der Waals surface area contributed by atoms with Gasteiger partial charge in [0.25, 0.3) is 0 Å². The lowest BCUT2D eigenvalue weighted by Gasteiger charge is -2.41. The molecule has 6 N–H and O–H groups in total. The number of esters is 1. The Bertz CT molecular complexity index is 1230. The van der Waals surface area contributed by atoms with Gasteiger partial charge in [0.2, 0.25) is 0 Å². The molecule has 1 rings (SSSR count). The number of hydrogen-bond acceptors (Lipinski definition) is 11. The van der Waals surface area contributed by atoms with Crippen molar-refractivity contribution in [2.45, 2.75) is 185 Å². The van der Waals surface area contributed by atoms with Crippen molar-refractivity contribution >= 4 is 13.8 Å². The van der Waals surface area contributed by atoms with Crippen LogP contribution in [0, 0.1) is 0 Å². The molecule has 6 unspecified atom stereocenters. The van der Waals surface area contributed by atoms with Crippen LogP contribution < -0.4 is 0 Å². The van der Waals surface area contributed by atoms with E-state index in [-0.39, 0.29) is 13.0 Å². The summed E-state index contributed by atoms with van der Waals surface area (Å²) in [6.07, 6.45) is 32.8. The van der Waals surface area contributed by atoms with Gasteiger partial charge in [-0.2, -0.15) is 0 Å². The lowest BCUT2D eigenvalue weighted by atomic mass is 9.85. The number of hydrogen-bond donors (Lipinski definition) is 6. The summed E-state index contributed by atoms with van der Waals surface area (Å²) in [6, 6.07) is 0. The monoisotopic (exact) mass is 841 g/mol. The third-order valence-electron chi connectivity index (χ3n) is 9.59. The Morgan fingerprint density at radius 3 is 1.48 bits per heavy atom. The van der Waals surface area contributed by atoms with Crippen LogP contribution in [0.2, 0.25) is 0 Å². The molecule has 0 saturated heterocycles. The summed E-state index contributed by atoms with van der Waals surface area (Å²) >= 11 is 0. The molecule has 334 valence electrons. The minimum atomic E-state index is -5.03. The van der Waals surface area contributed by atoms with Crippen molar-refractivity contribution in [3.05, 3.63) is 72.9 Å². The second kappa shape index (κ2) is 35.5. The average molecular weight is 841 g/mol. The Labute approximate surface area is 349 Å². The smallest absolute Gasteiger partial charge is 0.457 e. The summed E-state index contributed by atoms with van der Waals surface area (Å²) in [7, 11) is -5.03. The highest BCUT2D eigenvalue weighted by Crippen LogP contribution is 2.47. The predicted octanol–water partition coefficient (Wildman–Crippen LogP) is 8.41. The fourth-order valence-corrected chi connectivity index (χ4v) is 7.11. The Balaban J connectivity index is 2.46. The summed E-state index contributed by atoms with van der Waals surface area (Å²) < 4.78 is 34.0. The van der Waals surface area contributed by atoms with E-state index >= 15 is 0 Å². The van der Waals surface area contributed by atoms with Crippen LogP contribution >= 0.6 is 7.82 Å². The highest BCUT2D eigenvalue weighted by atomic mass is 31.2. The van der Waals surface area contributed by atoms with Crippen LogP contribution in [0.15, 0.2) is 72.9 Å². The number of aliphatic hydroxyl groups is 5. The van der Waals surface area contributed by atoms with Gasteiger partial charge in [-0.1, -0.05) is 151 Å². The van der Waals surface area contributed by atoms with Gasteiger partial charge in [0.15, 0.2) is 0 Å². The summed E-state index contributed by atoms with van der Waals surface area (Å²) in [6.45, 7) is 3.97. The first-order chi connectivity index (χ1) is 28.0. The van der Waals surface area contributed by atoms with E-state index in [0.717, 1.165) is 64.2 Å². The highest BCUT2D eigenvalue weighted by Gasteiger charge is 2.51. The number of carbonyl (C=O) groups excluding carboxylic acids is 1. The van der Waals surface area contributed by atoms with Gasteiger partial charge < -0.3 is 39.9 Å². The summed E-state index contributed by atoms with van der Waals surface area (Å²) in [5, 5.41) is 50.1. The van der Waals surface area contributed by atoms with Crippen LogP contribution in [-0.2, 0) is 27.9 Å². The Morgan fingerprint density at radius 2 is 1.00 bits per heavy atom. The lowest BCUT2D eigenvalue weighted by Crippen LogP contribution is -2.64. The predicted molar refractivity (Wildman–Crippen MR) is 230 cm³/mol. The molecule has 1 saturated carbocycles. The number of aliphatic hydroxyl groups excluding tert-OH is 5. The molecule has 0 heterocycles. The van der Waals surface area contributed by atoms with Crippen molar-refractivity contribution < 1.29 is 58.3 Å². The first-order valence-electron chi connectivity index (χ1n) is 21.8. The maximum absolute atomic E-state index is 12.8. The van der Waals surface area contributed by atoms with Gasteiger partial charge in [-0.25, -0.2) is 4.57 Å². The fraction of sp³-hybridized carbons (Fsp3) is 0.711. The third-order valence-corrected chi connectivity index (χ3v) is 10.6. The molecule has 1 aliphatic carbocycles. The van der Waals surface area contributed by atoms with Gasteiger partial charge in [-0.05, 0) is 57.8 Å². The normalized spacial score (nSPS) is 23.4. The molecule has 1 fully saturated rings. The van der Waals surface area contributed by atoms with E-state index in [9.17, 15) is 39.8 Å². The summed E-state index contributed by atoms with van der Waals surface area (Å²) in [4.78, 5) is 23.1. The molecule has 0 aromatic rings. The molecule has 0 radical (unpaired) electrons. The van der Waals surface area contributed by atoms with Gasteiger partial charge in [0.05, 0.1) is 13.2 Å². The number of carbonyl (C=O) groups is 1. The van der Waals surface area contributed by atoms with E-state index in [2.05, 4.69) is 86.8 Å². The van der Waals surface area contributed by atoms with Gasteiger partial charge >= 0.3 is 13.8 Å². The molecule has 1 aliphatic rings. The van der Waals surface area contributed by atoms with Crippen LogP contribution in [0.3, 0.4) is 0 Å². The molecule has 58 heavy (non-hydrogen) atoms. The van der Waals surface area contributed by atoms with E-state index in [1.807, 2.05) is 0 Å². The quantitative estimate of drug-likeness (QED) is 0.0155. The van der Waals surface area contributed by atoms with Gasteiger partial charge in [-0.3, -0.25) is 13.8 Å². The molecule has 6 atom stereocenters. The minimum Gasteiger partial charge on any atom is -0.457 e. The number of unbranched alkanes of at least 4 members (excludes halogenated alkanes) is 11. The summed E-state index contributed by atoms with van der Waals surface area (Å²) in [5.74, 6) is -0.502. The van der Waals surface area contributed by atoms with Crippen LogP contribution in [0.4, 0.5) is 0 Å². The van der Waals surface area contributed by atoms with Crippen LogP contribution in [-0.4, -0.2) is 98.9 Å². The molecule has 0 aromatic carbocycles. The molecule has 0 aromatic heterocycles. The van der Waals surface area contributed by atoms with Crippen molar-refractivity contribution in [3.8, 4) is 0 Å². The lowest BCUT2D eigenvalue weighted by molar-refractivity contribution is -0.220. The zero-order chi connectivity index (χ0) is 42.7. The molecule has 12 nitrogen and oxygen atoms in total. The van der Waals surface area contributed by atoms with Crippen molar-refractivity contribution in [1.29, 1.82) is 0 Å². The standard InChI is InChI=1S/C45H77O12P/c1-3-5-7-9-11-13-15-16-17-18-19-20-21-22-23-25-27-29-31-33-35-54-36-38(56-39(46)34-32-30-28-26-24-14-12-10-8-6-4-2)37-55-58(52,53)57-45-43(50)41(48)40(47)42(49)44(45)51/h5,7,11,13,16-17,19-20,22-23,27,29,38,40-45,47-51H,3-4,6,8-10,12,14-15,18,21,24-26,28,30-37H2,1-2H3,(H,52,53)/b7-5-,13-11-,17-16-,20-19-,23-22-,29-27-. The largest absolute Gasteiger partial charge is 0.472 e. The Kier molecular flexibility index (Phi) is 33.0. The average Bonchev–Trinajstić information content (AvgIpc) is 3.21. The van der Waals surface area contributed by atoms with E-state index in [4.69, 9.17) is 18.5 Å². The molecule has 0 spiro atoms. The molecule has 0 aliphatic heterocycles. The van der Waals surface area contributed by atoms with Gasteiger partial charge in [0.1, 0.15) is 42.7 Å². The zero-order valence-corrected chi connectivity index (χ0v) is 36.2. The Morgan fingerprint density at radius 1 is 0.569 bits per heavy atom. The summed E-state index contributed by atoms with van der Waals surface area (Å²) in [5.41, 5.74) is 0. The number of phosphoric ester groups is 1. The Hall–Kier alpha value is -2.22. The minimum absolute atomic E-state index is 0.119. The van der Waals surface area contributed by atoms with Gasteiger partial charge in [-0.15, -0.1) is 0 Å². The van der Waals surface area contributed by atoms with Gasteiger partial charge in [0, 0.05) is 13.0 Å².